The Morgan fingerprint density at radius 3 is 2.42 bits per heavy atom. The second-order valence-electron chi connectivity index (χ2n) is 5.41. The van der Waals surface area contributed by atoms with Gasteiger partial charge in [0.05, 0.1) is 5.56 Å². The fraction of sp³-hybridized carbons (Fsp3) is 0.429. The molecule has 19 heavy (non-hydrogen) atoms. The van der Waals surface area contributed by atoms with Crippen LogP contribution in [0.1, 0.15) is 47.4 Å². The lowest BCUT2D eigenvalue weighted by molar-refractivity contribution is 0.0652. The smallest absolute Gasteiger partial charge is 0.335 e. The molecule has 102 valence electrons. The average Bonchev–Trinajstić information content (AvgIpc) is 2.67. The van der Waals surface area contributed by atoms with Gasteiger partial charge in [0.1, 0.15) is 0 Å². The van der Waals surface area contributed by atoms with Crippen LogP contribution in [0.5, 0.6) is 0 Å². The number of aromatic carboxylic acids is 1. The van der Waals surface area contributed by atoms with E-state index >= 15 is 0 Å². The van der Waals surface area contributed by atoms with Gasteiger partial charge in [-0.3, -0.25) is 4.79 Å². The van der Waals surface area contributed by atoms with Crippen molar-refractivity contribution in [1.29, 1.82) is 0 Å². The first-order valence-electron chi connectivity index (χ1n) is 6.17. The number of hydrogen-bond donors (Lipinski definition) is 1. The van der Waals surface area contributed by atoms with Crippen LogP contribution in [0.4, 0.5) is 0 Å². The third-order valence-corrected chi connectivity index (χ3v) is 4.00. The fourth-order valence-electron chi connectivity index (χ4n) is 2.48. The molecule has 0 saturated carbocycles. The Hall–Kier alpha value is -1.36. The number of carbonyl (C=O) groups excluding carboxylic acids is 1. The summed E-state index contributed by atoms with van der Waals surface area (Å²) in [5.74, 6) is -1.14. The molecule has 1 N–H and O–H groups in total. The lowest BCUT2D eigenvalue weighted by atomic mass is 10.0. The van der Waals surface area contributed by atoms with Crippen LogP contribution >= 0.6 is 15.9 Å². The lowest BCUT2D eigenvalue weighted by Crippen LogP contribution is -2.42. The highest BCUT2D eigenvalue weighted by Gasteiger charge is 2.35. The SMILES string of the molecule is CC1(C)CCCN1C(=O)c1cc(Br)cc(C(=O)O)c1. The maximum absolute atomic E-state index is 12.5. The van der Waals surface area contributed by atoms with E-state index in [2.05, 4.69) is 15.9 Å². The van der Waals surface area contributed by atoms with Gasteiger partial charge in [0.15, 0.2) is 0 Å². The first-order valence-corrected chi connectivity index (χ1v) is 6.96. The molecular formula is C14H16BrNO3. The van der Waals surface area contributed by atoms with Gasteiger partial charge in [0.2, 0.25) is 0 Å². The summed E-state index contributed by atoms with van der Waals surface area (Å²) >= 11 is 3.25. The van der Waals surface area contributed by atoms with Crippen molar-refractivity contribution in [1.82, 2.24) is 4.90 Å². The van der Waals surface area contributed by atoms with Crippen LogP contribution in [0.15, 0.2) is 22.7 Å². The predicted molar refractivity (Wildman–Crippen MR) is 75.5 cm³/mol. The Balaban J connectivity index is 2.36. The van der Waals surface area contributed by atoms with Crippen molar-refractivity contribution >= 4 is 27.8 Å². The Morgan fingerprint density at radius 2 is 1.89 bits per heavy atom. The summed E-state index contributed by atoms with van der Waals surface area (Å²) in [5.41, 5.74) is 0.375. The van der Waals surface area contributed by atoms with E-state index in [0.717, 1.165) is 19.4 Å². The van der Waals surface area contributed by atoms with Crippen molar-refractivity contribution in [3.05, 3.63) is 33.8 Å². The second-order valence-corrected chi connectivity index (χ2v) is 6.32. The van der Waals surface area contributed by atoms with Crippen LogP contribution in [-0.4, -0.2) is 34.0 Å². The largest absolute Gasteiger partial charge is 0.478 e. The van der Waals surface area contributed by atoms with Crippen molar-refractivity contribution in [2.45, 2.75) is 32.2 Å². The van der Waals surface area contributed by atoms with Crippen LogP contribution < -0.4 is 0 Å². The van der Waals surface area contributed by atoms with E-state index in [-0.39, 0.29) is 17.0 Å². The molecule has 1 aromatic rings. The minimum absolute atomic E-state index is 0.105. The molecule has 1 aliphatic heterocycles. The molecule has 1 aliphatic rings. The number of carboxylic acids is 1. The molecule has 0 bridgehead atoms. The van der Waals surface area contributed by atoms with Gasteiger partial charge in [-0.1, -0.05) is 15.9 Å². The van der Waals surface area contributed by atoms with Crippen LogP contribution in [0.2, 0.25) is 0 Å². The maximum atomic E-state index is 12.5. The standard InChI is InChI=1S/C14H16BrNO3/c1-14(2)4-3-5-16(14)12(17)9-6-10(13(18)19)8-11(15)7-9/h6-8H,3-5H2,1-2H3,(H,18,19). The van der Waals surface area contributed by atoms with Gasteiger partial charge >= 0.3 is 5.97 Å². The van der Waals surface area contributed by atoms with E-state index in [1.807, 2.05) is 18.7 Å². The van der Waals surface area contributed by atoms with Gasteiger partial charge < -0.3 is 10.0 Å². The number of hydrogen-bond acceptors (Lipinski definition) is 2. The number of benzene rings is 1. The van der Waals surface area contributed by atoms with Crippen LogP contribution in [0.3, 0.4) is 0 Å². The van der Waals surface area contributed by atoms with E-state index in [1.54, 1.807) is 6.07 Å². The summed E-state index contributed by atoms with van der Waals surface area (Å²) < 4.78 is 0.604. The van der Waals surface area contributed by atoms with Crippen molar-refractivity contribution < 1.29 is 14.7 Å². The molecule has 1 saturated heterocycles. The number of rotatable bonds is 2. The quantitative estimate of drug-likeness (QED) is 0.908. The first-order chi connectivity index (χ1) is 8.81. The lowest BCUT2D eigenvalue weighted by Gasteiger charge is -2.31. The van der Waals surface area contributed by atoms with Crippen molar-refractivity contribution in [2.75, 3.05) is 6.54 Å². The topological polar surface area (TPSA) is 57.6 Å². The van der Waals surface area contributed by atoms with E-state index in [1.165, 1.54) is 12.1 Å². The molecule has 1 aromatic carbocycles. The summed E-state index contributed by atoms with van der Waals surface area (Å²) in [6.45, 7) is 4.79. The molecule has 0 unspecified atom stereocenters. The zero-order valence-electron chi connectivity index (χ0n) is 10.9. The molecule has 0 radical (unpaired) electrons. The minimum Gasteiger partial charge on any atom is -0.478 e. The van der Waals surface area contributed by atoms with Gasteiger partial charge in [0, 0.05) is 22.1 Å². The Labute approximate surface area is 120 Å². The number of carboxylic acid groups (broad SMARTS) is 1. The third-order valence-electron chi connectivity index (χ3n) is 3.54. The molecule has 0 atom stereocenters. The highest BCUT2D eigenvalue weighted by atomic mass is 79.9. The number of likely N-dealkylation sites (tertiary alicyclic amines) is 1. The van der Waals surface area contributed by atoms with Gasteiger partial charge in [-0.25, -0.2) is 4.79 Å². The van der Waals surface area contributed by atoms with E-state index in [0.29, 0.717) is 10.0 Å². The van der Waals surface area contributed by atoms with Gasteiger partial charge in [-0.05, 0) is 44.9 Å². The van der Waals surface area contributed by atoms with Crippen molar-refractivity contribution in [3.8, 4) is 0 Å². The molecule has 1 heterocycles. The highest BCUT2D eigenvalue weighted by molar-refractivity contribution is 9.10. The number of halogens is 1. The Bertz CT molecular complexity index is 539. The maximum Gasteiger partial charge on any atom is 0.335 e. The molecule has 4 nitrogen and oxygen atoms in total. The minimum atomic E-state index is -1.03. The monoisotopic (exact) mass is 325 g/mol. The summed E-state index contributed by atoms with van der Waals surface area (Å²) in [4.78, 5) is 25.4. The van der Waals surface area contributed by atoms with Crippen LogP contribution in [0, 0.1) is 0 Å². The van der Waals surface area contributed by atoms with Crippen LogP contribution in [-0.2, 0) is 0 Å². The molecule has 1 fully saturated rings. The Kier molecular flexibility index (Phi) is 3.67. The molecule has 0 aromatic heterocycles. The zero-order valence-corrected chi connectivity index (χ0v) is 12.5. The molecule has 0 aliphatic carbocycles. The van der Waals surface area contributed by atoms with Gasteiger partial charge in [-0.2, -0.15) is 0 Å². The average molecular weight is 326 g/mol. The summed E-state index contributed by atoms with van der Waals surface area (Å²) in [6.07, 6.45) is 1.96. The third kappa shape index (κ3) is 2.81. The normalized spacial score (nSPS) is 17.5. The number of carbonyl (C=O) groups is 2. The Morgan fingerprint density at radius 1 is 1.26 bits per heavy atom. The number of nitrogens with zero attached hydrogens (tertiary/aromatic N) is 1. The summed E-state index contributed by atoms with van der Waals surface area (Å²) in [5, 5.41) is 9.04. The first kappa shape index (κ1) is 14.1. The van der Waals surface area contributed by atoms with Crippen molar-refractivity contribution in [3.63, 3.8) is 0 Å². The van der Waals surface area contributed by atoms with E-state index in [4.69, 9.17) is 5.11 Å². The van der Waals surface area contributed by atoms with E-state index < -0.39 is 5.97 Å². The molecule has 1 amide bonds. The van der Waals surface area contributed by atoms with Crippen molar-refractivity contribution in [2.24, 2.45) is 0 Å². The molecular weight excluding hydrogens is 310 g/mol. The van der Waals surface area contributed by atoms with E-state index in [9.17, 15) is 9.59 Å². The number of amides is 1. The second kappa shape index (κ2) is 4.96. The summed E-state index contributed by atoms with van der Waals surface area (Å²) in [7, 11) is 0. The van der Waals surface area contributed by atoms with Gasteiger partial charge in [-0.15, -0.1) is 0 Å². The molecule has 0 spiro atoms. The zero-order chi connectivity index (χ0) is 14.2. The van der Waals surface area contributed by atoms with Crippen LogP contribution in [0.25, 0.3) is 0 Å². The fourth-order valence-corrected chi connectivity index (χ4v) is 2.97. The predicted octanol–water partition coefficient (Wildman–Crippen LogP) is 3.16. The molecule has 2 rings (SSSR count). The molecule has 5 heteroatoms. The van der Waals surface area contributed by atoms with Gasteiger partial charge in [0.25, 0.3) is 5.91 Å². The summed E-state index contributed by atoms with van der Waals surface area (Å²) in [6, 6.07) is 4.60. The highest BCUT2D eigenvalue weighted by Crippen LogP contribution is 2.30.